The molecule has 6 heteroatoms. The summed E-state index contributed by atoms with van der Waals surface area (Å²) < 4.78 is 0. The highest BCUT2D eigenvalue weighted by molar-refractivity contribution is 7.99. The molecule has 0 aliphatic carbocycles. The van der Waals surface area contributed by atoms with E-state index >= 15 is 0 Å². The molecule has 0 aliphatic heterocycles. The SMILES string of the molecule is Cc1c(CSC(C(=O)O)C(C)C)cccc1[N+](=O)[O-]. The average Bonchev–Trinajstić information content (AvgIpc) is 2.30. The quantitative estimate of drug-likeness (QED) is 0.640. The van der Waals surface area contributed by atoms with Gasteiger partial charge in [-0.1, -0.05) is 26.0 Å². The Bertz CT molecular complexity index is 488. The lowest BCUT2D eigenvalue weighted by Crippen LogP contribution is -2.22. The Morgan fingerprint density at radius 3 is 2.58 bits per heavy atom. The average molecular weight is 283 g/mol. The van der Waals surface area contributed by atoms with Gasteiger partial charge in [-0.25, -0.2) is 0 Å². The van der Waals surface area contributed by atoms with Crippen LogP contribution in [0.5, 0.6) is 0 Å². The van der Waals surface area contributed by atoms with Crippen molar-refractivity contribution in [1.82, 2.24) is 0 Å². The number of carbonyl (C=O) groups is 1. The minimum atomic E-state index is -0.844. The fourth-order valence-corrected chi connectivity index (χ4v) is 2.95. The standard InChI is InChI=1S/C13H17NO4S/c1-8(2)12(13(15)16)19-7-10-5-4-6-11(9(10)3)14(17)18/h4-6,8,12H,7H2,1-3H3,(H,15,16). The van der Waals surface area contributed by atoms with Crippen LogP contribution >= 0.6 is 11.8 Å². The summed E-state index contributed by atoms with van der Waals surface area (Å²) in [6, 6.07) is 4.89. The van der Waals surface area contributed by atoms with Gasteiger partial charge in [0.25, 0.3) is 5.69 Å². The summed E-state index contributed by atoms with van der Waals surface area (Å²) in [5.41, 5.74) is 1.49. The Labute approximate surface area is 116 Å². The van der Waals surface area contributed by atoms with E-state index in [0.717, 1.165) is 5.56 Å². The van der Waals surface area contributed by atoms with E-state index < -0.39 is 16.1 Å². The third-order valence-electron chi connectivity index (χ3n) is 2.88. The Kier molecular flexibility index (Phi) is 5.35. The molecule has 1 atom stereocenters. The molecule has 0 fully saturated rings. The van der Waals surface area contributed by atoms with E-state index in [1.165, 1.54) is 17.8 Å². The number of rotatable bonds is 6. The molecule has 1 aromatic carbocycles. The summed E-state index contributed by atoms with van der Waals surface area (Å²) in [6.45, 7) is 5.40. The first kappa shape index (κ1) is 15.5. The van der Waals surface area contributed by atoms with Gasteiger partial charge < -0.3 is 5.11 Å². The molecule has 1 aromatic rings. The first-order valence-corrected chi connectivity index (χ1v) is 6.96. The molecule has 0 amide bonds. The molecule has 0 spiro atoms. The zero-order valence-corrected chi connectivity index (χ0v) is 11.9. The van der Waals surface area contributed by atoms with Crippen molar-refractivity contribution in [3.05, 3.63) is 39.4 Å². The molecule has 0 aromatic heterocycles. The van der Waals surface area contributed by atoms with Gasteiger partial charge >= 0.3 is 5.97 Å². The summed E-state index contributed by atoms with van der Waals surface area (Å²) in [7, 11) is 0. The molecule has 1 unspecified atom stereocenters. The van der Waals surface area contributed by atoms with Crippen LogP contribution in [0.4, 0.5) is 5.69 Å². The molecule has 1 N–H and O–H groups in total. The van der Waals surface area contributed by atoms with Crippen molar-refractivity contribution in [1.29, 1.82) is 0 Å². The minimum Gasteiger partial charge on any atom is -0.480 e. The fourth-order valence-electron chi connectivity index (χ4n) is 1.75. The largest absolute Gasteiger partial charge is 0.480 e. The van der Waals surface area contributed by atoms with E-state index in [2.05, 4.69) is 0 Å². The molecule has 19 heavy (non-hydrogen) atoms. The molecule has 5 nitrogen and oxygen atoms in total. The van der Waals surface area contributed by atoms with Gasteiger partial charge in [-0.3, -0.25) is 14.9 Å². The number of hydrogen-bond donors (Lipinski definition) is 1. The van der Waals surface area contributed by atoms with E-state index in [1.54, 1.807) is 19.1 Å². The molecule has 0 saturated heterocycles. The Morgan fingerprint density at radius 2 is 2.11 bits per heavy atom. The van der Waals surface area contributed by atoms with Gasteiger partial charge in [0.2, 0.25) is 0 Å². The summed E-state index contributed by atoms with van der Waals surface area (Å²) >= 11 is 1.30. The highest BCUT2D eigenvalue weighted by atomic mass is 32.2. The highest BCUT2D eigenvalue weighted by Crippen LogP contribution is 2.28. The van der Waals surface area contributed by atoms with Crippen LogP contribution in [0.15, 0.2) is 18.2 Å². The van der Waals surface area contributed by atoms with Crippen molar-refractivity contribution in [2.24, 2.45) is 5.92 Å². The van der Waals surface area contributed by atoms with E-state index in [9.17, 15) is 14.9 Å². The van der Waals surface area contributed by atoms with Gasteiger partial charge in [-0.15, -0.1) is 11.8 Å². The number of benzene rings is 1. The molecule has 0 radical (unpaired) electrons. The van der Waals surface area contributed by atoms with Crippen LogP contribution in [0.3, 0.4) is 0 Å². The van der Waals surface area contributed by atoms with Crippen molar-refractivity contribution in [3.8, 4) is 0 Å². The van der Waals surface area contributed by atoms with Gasteiger partial charge in [-0.05, 0) is 18.4 Å². The van der Waals surface area contributed by atoms with Crippen LogP contribution < -0.4 is 0 Å². The van der Waals surface area contributed by atoms with Crippen molar-refractivity contribution in [2.75, 3.05) is 0 Å². The van der Waals surface area contributed by atoms with Crippen molar-refractivity contribution in [3.63, 3.8) is 0 Å². The summed E-state index contributed by atoms with van der Waals surface area (Å²) in [6.07, 6.45) is 0. The highest BCUT2D eigenvalue weighted by Gasteiger charge is 2.22. The molecule has 0 heterocycles. The Hall–Kier alpha value is -1.56. The second-order valence-corrected chi connectivity index (χ2v) is 5.76. The van der Waals surface area contributed by atoms with Crippen LogP contribution in [0.25, 0.3) is 0 Å². The summed E-state index contributed by atoms with van der Waals surface area (Å²) in [4.78, 5) is 21.5. The van der Waals surface area contributed by atoms with Crippen LogP contribution in [-0.2, 0) is 10.5 Å². The number of nitro groups is 1. The molecule has 0 aliphatic rings. The van der Waals surface area contributed by atoms with Crippen LogP contribution in [-0.4, -0.2) is 21.2 Å². The topological polar surface area (TPSA) is 80.4 Å². The van der Waals surface area contributed by atoms with E-state index in [-0.39, 0.29) is 11.6 Å². The fraction of sp³-hybridized carbons (Fsp3) is 0.462. The number of aliphatic carboxylic acids is 1. The Morgan fingerprint density at radius 1 is 1.47 bits per heavy atom. The normalized spacial score (nSPS) is 12.4. The number of nitro benzene ring substituents is 1. The van der Waals surface area contributed by atoms with E-state index in [1.807, 2.05) is 13.8 Å². The lowest BCUT2D eigenvalue weighted by molar-refractivity contribution is -0.385. The number of carboxylic acid groups (broad SMARTS) is 1. The van der Waals surface area contributed by atoms with Gasteiger partial charge in [-0.2, -0.15) is 0 Å². The number of thioether (sulfide) groups is 1. The second-order valence-electron chi connectivity index (χ2n) is 4.63. The summed E-state index contributed by atoms with van der Waals surface area (Å²) in [5, 5.41) is 19.4. The first-order chi connectivity index (χ1) is 8.84. The Balaban J connectivity index is 2.86. The summed E-state index contributed by atoms with van der Waals surface area (Å²) in [5.74, 6) is -0.368. The maximum Gasteiger partial charge on any atom is 0.316 e. The van der Waals surface area contributed by atoms with Crippen molar-refractivity contribution in [2.45, 2.75) is 31.8 Å². The predicted molar refractivity (Wildman–Crippen MR) is 75.4 cm³/mol. The molecule has 0 bridgehead atoms. The molecule has 0 saturated carbocycles. The smallest absolute Gasteiger partial charge is 0.316 e. The van der Waals surface area contributed by atoms with Gasteiger partial charge in [0.05, 0.1) is 4.92 Å². The van der Waals surface area contributed by atoms with E-state index in [0.29, 0.717) is 11.3 Å². The zero-order valence-electron chi connectivity index (χ0n) is 11.1. The van der Waals surface area contributed by atoms with Crippen molar-refractivity contribution < 1.29 is 14.8 Å². The van der Waals surface area contributed by atoms with Crippen LogP contribution in [0, 0.1) is 23.0 Å². The maximum absolute atomic E-state index is 11.1. The van der Waals surface area contributed by atoms with Gasteiger partial charge in [0.15, 0.2) is 0 Å². The van der Waals surface area contributed by atoms with Gasteiger partial charge in [0, 0.05) is 17.4 Å². The predicted octanol–water partition coefficient (Wildman–Crippen LogP) is 3.25. The number of nitrogens with zero attached hydrogens (tertiary/aromatic N) is 1. The minimum absolute atomic E-state index is 0.0153. The molecule has 104 valence electrons. The number of hydrogen-bond acceptors (Lipinski definition) is 4. The third kappa shape index (κ3) is 3.96. The molecule has 1 rings (SSSR count). The first-order valence-electron chi connectivity index (χ1n) is 5.92. The number of carboxylic acids is 1. The maximum atomic E-state index is 11.1. The molecular weight excluding hydrogens is 266 g/mol. The lowest BCUT2D eigenvalue weighted by Gasteiger charge is -2.16. The van der Waals surface area contributed by atoms with Gasteiger partial charge in [0.1, 0.15) is 5.25 Å². The van der Waals surface area contributed by atoms with Crippen molar-refractivity contribution >= 4 is 23.4 Å². The molecular formula is C13H17NO4S. The third-order valence-corrected chi connectivity index (χ3v) is 4.46. The van der Waals surface area contributed by atoms with Crippen LogP contribution in [0.2, 0.25) is 0 Å². The van der Waals surface area contributed by atoms with E-state index in [4.69, 9.17) is 5.11 Å². The lowest BCUT2D eigenvalue weighted by atomic mass is 10.1. The second kappa shape index (κ2) is 6.56. The van der Waals surface area contributed by atoms with Crippen LogP contribution in [0.1, 0.15) is 25.0 Å². The monoisotopic (exact) mass is 283 g/mol. The zero-order chi connectivity index (χ0) is 14.6.